The van der Waals surface area contributed by atoms with Crippen LogP contribution in [0.5, 0.6) is 0 Å². The molecule has 0 fully saturated rings. The summed E-state index contributed by atoms with van der Waals surface area (Å²) in [6.07, 6.45) is 3.48. The first-order valence-corrected chi connectivity index (χ1v) is 7.21. The SMILES string of the molecule is Cc1ccc(NC(=O)c2ccc(-n3cccn3)cc2)cc1[N+](=O)[O-]. The molecule has 0 aliphatic heterocycles. The molecule has 120 valence electrons. The van der Waals surface area contributed by atoms with Crippen molar-refractivity contribution in [2.45, 2.75) is 6.92 Å². The maximum atomic E-state index is 12.3. The van der Waals surface area contributed by atoms with Gasteiger partial charge in [-0.25, -0.2) is 4.68 Å². The van der Waals surface area contributed by atoms with Crippen molar-refractivity contribution in [2.24, 2.45) is 0 Å². The lowest BCUT2D eigenvalue weighted by Crippen LogP contribution is -2.12. The topological polar surface area (TPSA) is 90.1 Å². The minimum Gasteiger partial charge on any atom is -0.322 e. The van der Waals surface area contributed by atoms with Gasteiger partial charge in [-0.1, -0.05) is 6.07 Å². The average molecular weight is 322 g/mol. The Morgan fingerprint density at radius 3 is 2.58 bits per heavy atom. The Labute approximate surface area is 137 Å². The summed E-state index contributed by atoms with van der Waals surface area (Å²) in [7, 11) is 0. The smallest absolute Gasteiger partial charge is 0.274 e. The van der Waals surface area contributed by atoms with E-state index in [0.717, 1.165) is 5.69 Å². The highest BCUT2D eigenvalue weighted by Crippen LogP contribution is 2.22. The van der Waals surface area contributed by atoms with Gasteiger partial charge in [-0.05, 0) is 43.3 Å². The molecule has 3 rings (SSSR count). The Balaban J connectivity index is 1.78. The molecule has 0 aliphatic rings. The molecule has 0 unspecified atom stereocenters. The van der Waals surface area contributed by atoms with Crippen LogP contribution >= 0.6 is 0 Å². The highest BCUT2D eigenvalue weighted by Gasteiger charge is 2.13. The number of aryl methyl sites for hydroxylation is 1. The Kier molecular flexibility index (Phi) is 4.07. The molecule has 0 radical (unpaired) electrons. The number of amides is 1. The van der Waals surface area contributed by atoms with E-state index in [1.54, 1.807) is 60.4 Å². The largest absolute Gasteiger partial charge is 0.322 e. The number of nitro groups is 1. The van der Waals surface area contributed by atoms with Gasteiger partial charge in [0.15, 0.2) is 0 Å². The fraction of sp³-hybridized carbons (Fsp3) is 0.0588. The number of carbonyl (C=O) groups excluding carboxylic acids is 1. The number of aromatic nitrogens is 2. The van der Waals surface area contributed by atoms with Crippen LogP contribution in [0.1, 0.15) is 15.9 Å². The predicted octanol–water partition coefficient (Wildman–Crippen LogP) is 3.34. The first kappa shape index (κ1) is 15.4. The molecule has 7 nitrogen and oxygen atoms in total. The summed E-state index contributed by atoms with van der Waals surface area (Å²) in [6, 6.07) is 13.3. The summed E-state index contributed by atoms with van der Waals surface area (Å²) in [5, 5.41) is 17.7. The van der Waals surface area contributed by atoms with Gasteiger partial charge < -0.3 is 5.32 Å². The van der Waals surface area contributed by atoms with Crippen molar-refractivity contribution in [3.05, 3.63) is 82.2 Å². The Morgan fingerprint density at radius 2 is 1.96 bits per heavy atom. The fourth-order valence-corrected chi connectivity index (χ4v) is 2.27. The highest BCUT2D eigenvalue weighted by molar-refractivity contribution is 6.04. The third-order valence-corrected chi connectivity index (χ3v) is 3.56. The minimum atomic E-state index is -0.468. The predicted molar refractivity (Wildman–Crippen MR) is 89.4 cm³/mol. The van der Waals surface area contributed by atoms with Crippen LogP contribution in [0.25, 0.3) is 5.69 Å². The van der Waals surface area contributed by atoms with Gasteiger partial charge in [-0.2, -0.15) is 5.10 Å². The normalized spacial score (nSPS) is 10.4. The van der Waals surface area contributed by atoms with E-state index >= 15 is 0 Å². The molecule has 0 saturated carbocycles. The van der Waals surface area contributed by atoms with Crippen LogP contribution in [-0.4, -0.2) is 20.6 Å². The Hall–Kier alpha value is -3.48. The molecular weight excluding hydrogens is 308 g/mol. The summed E-state index contributed by atoms with van der Waals surface area (Å²) >= 11 is 0. The van der Waals surface area contributed by atoms with Gasteiger partial charge in [0.05, 0.1) is 10.6 Å². The minimum absolute atomic E-state index is 0.0261. The van der Waals surface area contributed by atoms with Crippen molar-refractivity contribution < 1.29 is 9.72 Å². The van der Waals surface area contributed by atoms with Crippen LogP contribution in [0.3, 0.4) is 0 Å². The second kappa shape index (κ2) is 6.33. The van der Waals surface area contributed by atoms with Crippen molar-refractivity contribution in [1.82, 2.24) is 9.78 Å². The van der Waals surface area contributed by atoms with Crippen LogP contribution in [-0.2, 0) is 0 Å². The molecular formula is C17H14N4O3. The second-order valence-electron chi connectivity index (χ2n) is 5.21. The molecule has 1 heterocycles. The van der Waals surface area contributed by atoms with Gasteiger partial charge in [0.1, 0.15) is 0 Å². The van der Waals surface area contributed by atoms with E-state index in [2.05, 4.69) is 10.4 Å². The summed E-state index contributed by atoms with van der Waals surface area (Å²) in [6.45, 7) is 1.65. The third-order valence-electron chi connectivity index (χ3n) is 3.56. The highest BCUT2D eigenvalue weighted by atomic mass is 16.6. The number of hydrogen-bond acceptors (Lipinski definition) is 4. The Bertz CT molecular complexity index is 887. The number of nitrogens with one attached hydrogen (secondary N) is 1. The number of nitrogens with zero attached hydrogens (tertiary/aromatic N) is 3. The van der Waals surface area contributed by atoms with E-state index in [1.807, 2.05) is 6.07 Å². The molecule has 3 aromatic rings. The number of anilines is 1. The molecule has 7 heteroatoms. The zero-order valence-electron chi connectivity index (χ0n) is 12.8. The maximum absolute atomic E-state index is 12.3. The van der Waals surface area contributed by atoms with E-state index in [1.165, 1.54) is 6.07 Å². The molecule has 1 N–H and O–H groups in total. The van der Waals surface area contributed by atoms with Crippen LogP contribution in [0.15, 0.2) is 60.9 Å². The monoisotopic (exact) mass is 322 g/mol. The zero-order valence-corrected chi connectivity index (χ0v) is 12.8. The van der Waals surface area contributed by atoms with Gasteiger partial charge >= 0.3 is 0 Å². The second-order valence-corrected chi connectivity index (χ2v) is 5.21. The molecule has 1 amide bonds. The lowest BCUT2D eigenvalue weighted by atomic mass is 10.1. The van der Waals surface area contributed by atoms with Crippen molar-refractivity contribution in [2.75, 3.05) is 5.32 Å². The average Bonchev–Trinajstić information content (AvgIpc) is 3.11. The van der Waals surface area contributed by atoms with E-state index in [-0.39, 0.29) is 11.6 Å². The van der Waals surface area contributed by atoms with Gasteiger partial charge in [-0.15, -0.1) is 0 Å². The van der Waals surface area contributed by atoms with Crippen LogP contribution < -0.4 is 5.32 Å². The van der Waals surface area contributed by atoms with Gasteiger partial charge in [0, 0.05) is 35.3 Å². The third kappa shape index (κ3) is 3.14. The summed E-state index contributed by atoms with van der Waals surface area (Å²) in [5.74, 6) is -0.333. The number of carbonyl (C=O) groups is 1. The number of rotatable bonds is 4. The first-order chi connectivity index (χ1) is 11.5. The summed E-state index contributed by atoms with van der Waals surface area (Å²) < 4.78 is 1.69. The maximum Gasteiger partial charge on any atom is 0.274 e. The molecule has 0 spiro atoms. The zero-order chi connectivity index (χ0) is 17.1. The van der Waals surface area contributed by atoms with Gasteiger partial charge in [0.25, 0.3) is 11.6 Å². The Morgan fingerprint density at radius 1 is 1.21 bits per heavy atom. The van der Waals surface area contributed by atoms with Crippen molar-refractivity contribution in [1.29, 1.82) is 0 Å². The van der Waals surface area contributed by atoms with E-state index < -0.39 is 4.92 Å². The summed E-state index contributed by atoms with van der Waals surface area (Å²) in [5.41, 5.74) is 2.19. The molecule has 1 aromatic heterocycles. The molecule has 24 heavy (non-hydrogen) atoms. The van der Waals surface area contributed by atoms with Crippen molar-refractivity contribution >= 4 is 17.3 Å². The fourth-order valence-electron chi connectivity index (χ4n) is 2.27. The standard InChI is InChI=1S/C17H14N4O3/c1-12-3-6-14(11-16(12)21(23)24)19-17(22)13-4-7-15(8-5-13)20-10-2-9-18-20/h2-11H,1H3,(H,19,22). The lowest BCUT2D eigenvalue weighted by Gasteiger charge is -2.07. The summed E-state index contributed by atoms with van der Waals surface area (Å²) in [4.78, 5) is 22.8. The van der Waals surface area contributed by atoms with E-state index in [4.69, 9.17) is 0 Å². The van der Waals surface area contributed by atoms with Crippen molar-refractivity contribution in [3.63, 3.8) is 0 Å². The number of nitro benzene ring substituents is 1. The van der Waals surface area contributed by atoms with Crippen LogP contribution in [0, 0.1) is 17.0 Å². The molecule has 0 atom stereocenters. The molecule has 2 aromatic carbocycles. The quantitative estimate of drug-likeness (QED) is 0.589. The molecule has 0 saturated heterocycles. The van der Waals surface area contributed by atoms with Crippen LogP contribution in [0.2, 0.25) is 0 Å². The van der Waals surface area contributed by atoms with E-state index in [0.29, 0.717) is 16.8 Å². The lowest BCUT2D eigenvalue weighted by molar-refractivity contribution is -0.385. The van der Waals surface area contributed by atoms with Gasteiger partial charge in [0.2, 0.25) is 0 Å². The number of hydrogen-bond donors (Lipinski definition) is 1. The molecule has 0 aliphatic carbocycles. The molecule has 0 bridgehead atoms. The van der Waals surface area contributed by atoms with Crippen LogP contribution in [0.4, 0.5) is 11.4 Å². The number of benzene rings is 2. The van der Waals surface area contributed by atoms with Crippen molar-refractivity contribution in [3.8, 4) is 5.69 Å². The van der Waals surface area contributed by atoms with E-state index in [9.17, 15) is 14.9 Å². The first-order valence-electron chi connectivity index (χ1n) is 7.21. The van der Waals surface area contributed by atoms with Gasteiger partial charge in [-0.3, -0.25) is 14.9 Å².